The molecule has 0 saturated carbocycles. The lowest BCUT2D eigenvalue weighted by atomic mass is 10.1. The van der Waals surface area contributed by atoms with Crippen molar-refractivity contribution in [1.82, 2.24) is 9.88 Å². The van der Waals surface area contributed by atoms with Gasteiger partial charge in [-0.3, -0.25) is 9.69 Å². The van der Waals surface area contributed by atoms with Crippen LogP contribution in [0.15, 0.2) is 60.8 Å². The summed E-state index contributed by atoms with van der Waals surface area (Å²) in [6.45, 7) is 2.72. The highest BCUT2D eigenvalue weighted by atomic mass is 19.4. The summed E-state index contributed by atoms with van der Waals surface area (Å²) in [5, 5.41) is 5.04. The van der Waals surface area contributed by atoms with Gasteiger partial charge in [0.2, 0.25) is 5.91 Å². The van der Waals surface area contributed by atoms with Crippen molar-refractivity contribution in [3.63, 3.8) is 0 Å². The smallest absolute Gasteiger partial charge is 0.354 e. The summed E-state index contributed by atoms with van der Waals surface area (Å²) < 4.78 is 38.0. The molecule has 1 aliphatic heterocycles. The van der Waals surface area contributed by atoms with E-state index in [9.17, 15) is 18.0 Å². The average molecular weight is 414 g/mol. The van der Waals surface area contributed by atoms with Crippen LogP contribution in [0.4, 0.5) is 24.7 Å². The van der Waals surface area contributed by atoms with Crippen LogP contribution in [0, 0.1) is 0 Å². The molecule has 1 saturated heterocycles. The molecule has 1 aromatic heterocycles. The lowest BCUT2D eigenvalue weighted by Gasteiger charge is -2.35. The number of rotatable bonds is 4. The van der Waals surface area contributed by atoms with Gasteiger partial charge in [0.1, 0.15) is 5.82 Å². The van der Waals surface area contributed by atoms with E-state index >= 15 is 0 Å². The Bertz CT molecular complexity index is 1020. The van der Waals surface area contributed by atoms with Crippen LogP contribution in [0.2, 0.25) is 0 Å². The zero-order valence-corrected chi connectivity index (χ0v) is 16.2. The van der Waals surface area contributed by atoms with Crippen LogP contribution < -0.4 is 10.2 Å². The van der Waals surface area contributed by atoms with Crippen LogP contribution in [0.1, 0.15) is 5.56 Å². The van der Waals surface area contributed by atoms with E-state index in [-0.39, 0.29) is 12.5 Å². The van der Waals surface area contributed by atoms with E-state index < -0.39 is 11.7 Å². The van der Waals surface area contributed by atoms with Crippen LogP contribution in [0.5, 0.6) is 0 Å². The molecule has 2 heterocycles. The molecule has 3 aromatic rings. The minimum atomic E-state index is -4.39. The first-order chi connectivity index (χ1) is 14.4. The molecule has 2 aromatic carbocycles. The summed E-state index contributed by atoms with van der Waals surface area (Å²) in [5.74, 6) is 0.426. The summed E-state index contributed by atoms with van der Waals surface area (Å²) in [6, 6.07) is 16.1. The Hall–Kier alpha value is -3.13. The Balaban J connectivity index is 1.32. The fourth-order valence-electron chi connectivity index (χ4n) is 3.60. The van der Waals surface area contributed by atoms with Gasteiger partial charge >= 0.3 is 6.18 Å². The fourth-order valence-corrected chi connectivity index (χ4v) is 3.60. The monoisotopic (exact) mass is 414 g/mol. The number of pyridine rings is 1. The molecule has 8 heteroatoms. The van der Waals surface area contributed by atoms with Gasteiger partial charge in [-0.05, 0) is 23.6 Å². The second kappa shape index (κ2) is 8.31. The Morgan fingerprint density at radius 1 is 0.967 bits per heavy atom. The number of aromatic nitrogens is 1. The second-order valence-corrected chi connectivity index (χ2v) is 7.24. The standard InChI is InChI=1S/C22H21F3N4O/c23-22(24,25)17-8-9-20(26-14-17)29-12-10-28(11-13-29)15-21(30)27-19-7-3-5-16-4-1-2-6-18(16)19/h1-9,14H,10-13,15H2,(H,27,30). The van der Waals surface area contributed by atoms with E-state index in [1.807, 2.05) is 52.3 Å². The number of nitrogens with zero attached hydrogens (tertiary/aromatic N) is 3. The molecule has 30 heavy (non-hydrogen) atoms. The van der Waals surface area contributed by atoms with Crippen molar-refractivity contribution in [2.75, 3.05) is 42.9 Å². The highest BCUT2D eigenvalue weighted by Gasteiger charge is 2.31. The Morgan fingerprint density at radius 3 is 2.40 bits per heavy atom. The third-order valence-corrected chi connectivity index (χ3v) is 5.20. The Kier molecular flexibility index (Phi) is 5.59. The number of carbonyl (C=O) groups is 1. The Labute approximate surface area is 172 Å². The van der Waals surface area contributed by atoms with Gasteiger partial charge in [0, 0.05) is 43.4 Å². The van der Waals surface area contributed by atoms with Crippen LogP contribution in [0.25, 0.3) is 10.8 Å². The molecular formula is C22H21F3N4O. The van der Waals surface area contributed by atoms with Crippen molar-refractivity contribution >= 4 is 28.2 Å². The molecular weight excluding hydrogens is 393 g/mol. The van der Waals surface area contributed by atoms with Gasteiger partial charge in [-0.15, -0.1) is 0 Å². The molecule has 0 aliphatic carbocycles. The summed E-state index contributed by atoms with van der Waals surface area (Å²) in [5.41, 5.74) is 0.0284. The number of hydrogen-bond acceptors (Lipinski definition) is 4. The van der Waals surface area contributed by atoms with Crippen LogP contribution in [-0.2, 0) is 11.0 Å². The SMILES string of the molecule is O=C(CN1CCN(c2ccc(C(F)(F)F)cn2)CC1)Nc1cccc2ccccc12. The zero-order valence-electron chi connectivity index (χ0n) is 16.2. The largest absolute Gasteiger partial charge is 0.417 e. The average Bonchev–Trinajstić information content (AvgIpc) is 2.74. The van der Waals surface area contributed by atoms with E-state index in [2.05, 4.69) is 10.3 Å². The normalized spacial score (nSPS) is 15.4. The summed E-state index contributed by atoms with van der Waals surface area (Å²) in [6.07, 6.45) is -3.53. The van der Waals surface area contributed by atoms with E-state index in [4.69, 9.17) is 0 Å². The molecule has 0 spiro atoms. The number of fused-ring (bicyclic) bond motifs is 1. The summed E-state index contributed by atoms with van der Waals surface area (Å²) >= 11 is 0. The van der Waals surface area contributed by atoms with E-state index in [0.29, 0.717) is 32.0 Å². The molecule has 1 N–H and O–H groups in total. The van der Waals surface area contributed by atoms with Crippen LogP contribution in [-0.4, -0.2) is 48.5 Å². The number of benzene rings is 2. The molecule has 0 atom stereocenters. The van der Waals surface area contributed by atoms with Gasteiger partial charge in [0.25, 0.3) is 0 Å². The van der Waals surface area contributed by atoms with Gasteiger partial charge in [0.05, 0.1) is 12.1 Å². The fraction of sp³-hybridized carbons (Fsp3) is 0.273. The maximum absolute atomic E-state index is 12.7. The van der Waals surface area contributed by atoms with Crippen molar-refractivity contribution < 1.29 is 18.0 Å². The van der Waals surface area contributed by atoms with Gasteiger partial charge < -0.3 is 10.2 Å². The quantitative estimate of drug-likeness (QED) is 0.701. The first kappa shape index (κ1) is 20.2. The third-order valence-electron chi connectivity index (χ3n) is 5.20. The number of amides is 1. The molecule has 0 radical (unpaired) electrons. The summed E-state index contributed by atoms with van der Waals surface area (Å²) in [7, 11) is 0. The molecule has 5 nitrogen and oxygen atoms in total. The maximum atomic E-state index is 12.7. The van der Waals surface area contributed by atoms with Crippen LogP contribution >= 0.6 is 0 Å². The van der Waals surface area contributed by atoms with Gasteiger partial charge in [-0.2, -0.15) is 13.2 Å². The first-order valence-electron chi connectivity index (χ1n) is 9.68. The molecule has 0 bridgehead atoms. The van der Waals surface area contributed by atoms with Crippen molar-refractivity contribution in [3.8, 4) is 0 Å². The zero-order chi connectivity index (χ0) is 21.1. The lowest BCUT2D eigenvalue weighted by molar-refractivity contribution is -0.137. The number of alkyl halides is 3. The minimum Gasteiger partial charge on any atom is -0.354 e. The highest BCUT2D eigenvalue weighted by Crippen LogP contribution is 2.29. The van der Waals surface area contributed by atoms with Crippen molar-refractivity contribution in [2.45, 2.75) is 6.18 Å². The lowest BCUT2D eigenvalue weighted by Crippen LogP contribution is -2.48. The minimum absolute atomic E-state index is 0.0903. The highest BCUT2D eigenvalue weighted by molar-refractivity contribution is 6.02. The number of piperazine rings is 1. The summed E-state index contributed by atoms with van der Waals surface area (Å²) in [4.78, 5) is 20.4. The van der Waals surface area contributed by atoms with E-state index in [0.717, 1.165) is 28.7 Å². The molecule has 1 fully saturated rings. The number of carbonyl (C=O) groups excluding carboxylic acids is 1. The topological polar surface area (TPSA) is 48.5 Å². The van der Waals surface area contributed by atoms with Gasteiger partial charge in [0.15, 0.2) is 0 Å². The molecule has 1 aliphatic rings. The predicted molar refractivity (Wildman–Crippen MR) is 110 cm³/mol. The first-order valence-corrected chi connectivity index (χ1v) is 9.68. The molecule has 4 rings (SSSR count). The van der Waals surface area contributed by atoms with Crippen molar-refractivity contribution in [1.29, 1.82) is 0 Å². The second-order valence-electron chi connectivity index (χ2n) is 7.24. The number of halogens is 3. The maximum Gasteiger partial charge on any atom is 0.417 e. The number of nitrogens with one attached hydrogen (secondary N) is 1. The Morgan fingerprint density at radius 2 is 1.70 bits per heavy atom. The third kappa shape index (κ3) is 4.54. The van der Waals surface area contributed by atoms with Crippen LogP contribution in [0.3, 0.4) is 0 Å². The van der Waals surface area contributed by atoms with Crippen molar-refractivity contribution in [2.24, 2.45) is 0 Å². The molecule has 156 valence electrons. The molecule has 1 amide bonds. The molecule has 0 unspecified atom stereocenters. The number of hydrogen-bond donors (Lipinski definition) is 1. The number of anilines is 2. The predicted octanol–water partition coefficient (Wildman–Crippen LogP) is 4.01. The van der Waals surface area contributed by atoms with Gasteiger partial charge in [-0.25, -0.2) is 4.98 Å². The van der Waals surface area contributed by atoms with E-state index in [1.54, 1.807) is 0 Å². The van der Waals surface area contributed by atoms with Crippen molar-refractivity contribution in [3.05, 3.63) is 66.4 Å². The van der Waals surface area contributed by atoms with E-state index in [1.165, 1.54) is 6.07 Å². The van der Waals surface area contributed by atoms with Gasteiger partial charge in [-0.1, -0.05) is 36.4 Å².